The molecule has 0 fully saturated rings. The number of amides is 2. The van der Waals surface area contributed by atoms with Crippen LogP contribution in [0.2, 0.25) is 0 Å². The Morgan fingerprint density at radius 3 is 2.63 bits per heavy atom. The third-order valence-electron chi connectivity index (χ3n) is 4.08. The van der Waals surface area contributed by atoms with E-state index in [-0.39, 0.29) is 23.0 Å². The highest BCUT2D eigenvalue weighted by molar-refractivity contribution is 7.89. The van der Waals surface area contributed by atoms with Crippen molar-refractivity contribution < 1.29 is 22.4 Å². The van der Waals surface area contributed by atoms with Crippen molar-refractivity contribution in [1.29, 1.82) is 0 Å². The molecule has 3 rings (SSSR count). The molecule has 1 heterocycles. The van der Waals surface area contributed by atoms with Crippen LogP contribution in [-0.2, 0) is 32.5 Å². The maximum Gasteiger partial charge on any atom is 0.241 e. The van der Waals surface area contributed by atoms with Crippen molar-refractivity contribution in [1.82, 2.24) is 10.0 Å². The number of nitrogens with one attached hydrogen (secondary N) is 3. The highest BCUT2D eigenvalue weighted by Crippen LogP contribution is 2.25. The molecule has 0 saturated carbocycles. The quantitative estimate of drug-likeness (QED) is 0.654. The van der Waals surface area contributed by atoms with E-state index in [0.717, 1.165) is 5.56 Å². The number of carbonyl (C=O) groups is 2. The molecule has 3 N–H and O–H groups in total. The molecule has 0 aliphatic carbocycles. The Balaban J connectivity index is 1.50. The van der Waals surface area contributed by atoms with E-state index in [1.54, 1.807) is 12.1 Å². The predicted octanol–water partition coefficient (Wildman–Crippen LogP) is 0.957. The first-order valence-corrected chi connectivity index (χ1v) is 9.75. The zero-order valence-electron chi connectivity index (χ0n) is 14.3. The van der Waals surface area contributed by atoms with Crippen molar-refractivity contribution in [3.8, 4) is 0 Å². The molecule has 1 aliphatic rings. The lowest BCUT2D eigenvalue weighted by atomic mass is 10.1. The largest absolute Gasteiger partial charge is 0.355 e. The maximum absolute atomic E-state index is 12.8. The Bertz CT molecular complexity index is 975. The van der Waals surface area contributed by atoms with Crippen LogP contribution in [0.1, 0.15) is 11.1 Å². The Hall–Kier alpha value is -2.78. The van der Waals surface area contributed by atoms with Crippen molar-refractivity contribution in [2.75, 3.05) is 18.4 Å². The normalized spacial score (nSPS) is 13.1. The predicted molar refractivity (Wildman–Crippen MR) is 97.1 cm³/mol. The highest BCUT2D eigenvalue weighted by atomic mass is 32.2. The Morgan fingerprint density at radius 2 is 1.89 bits per heavy atom. The maximum atomic E-state index is 12.8. The molecule has 2 aromatic carbocycles. The van der Waals surface area contributed by atoms with Gasteiger partial charge in [0.2, 0.25) is 21.8 Å². The van der Waals surface area contributed by atoms with Crippen LogP contribution in [0.3, 0.4) is 0 Å². The monoisotopic (exact) mass is 391 g/mol. The molecule has 0 bridgehead atoms. The summed E-state index contributed by atoms with van der Waals surface area (Å²) in [4.78, 5) is 23.2. The van der Waals surface area contributed by atoms with Gasteiger partial charge in [0.05, 0.1) is 17.9 Å². The third-order valence-corrected chi connectivity index (χ3v) is 5.48. The molecule has 142 valence electrons. The third kappa shape index (κ3) is 4.89. The molecule has 2 amide bonds. The molecule has 0 radical (unpaired) electrons. The van der Waals surface area contributed by atoms with E-state index in [1.165, 1.54) is 30.3 Å². The summed E-state index contributed by atoms with van der Waals surface area (Å²) in [5.74, 6) is -0.990. The van der Waals surface area contributed by atoms with Crippen LogP contribution in [0.25, 0.3) is 0 Å². The van der Waals surface area contributed by atoms with Gasteiger partial charge in [-0.25, -0.2) is 17.5 Å². The molecular formula is C18H18FN3O4S. The van der Waals surface area contributed by atoms with Crippen LogP contribution >= 0.6 is 0 Å². The van der Waals surface area contributed by atoms with Gasteiger partial charge in [-0.15, -0.1) is 0 Å². The number of anilines is 1. The first-order valence-electron chi connectivity index (χ1n) is 8.27. The van der Waals surface area contributed by atoms with Gasteiger partial charge in [-0.05, 0) is 47.9 Å². The standard InChI is InChI=1S/C18H18FN3O4S/c19-14-3-1-12(2-4-14)7-8-20-18(24)11-21-27(25,26)15-5-6-16-13(9-15)10-17(23)22-16/h1-6,9,21H,7-8,10-11H2,(H,20,24)(H,22,23). The molecule has 0 spiro atoms. The molecule has 9 heteroatoms. The molecule has 7 nitrogen and oxygen atoms in total. The van der Waals surface area contributed by atoms with E-state index in [1.807, 2.05) is 0 Å². The second-order valence-corrected chi connectivity index (χ2v) is 7.86. The lowest BCUT2D eigenvalue weighted by molar-refractivity contribution is -0.120. The van der Waals surface area contributed by atoms with Crippen LogP contribution in [0, 0.1) is 5.82 Å². The minimum absolute atomic E-state index is 0.00291. The fourth-order valence-electron chi connectivity index (χ4n) is 2.68. The topological polar surface area (TPSA) is 104 Å². The van der Waals surface area contributed by atoms with Crippen molar-refractivity contribution in [3.05, 3.63) is 59.4 Å². The summed E-state index contributed by atoms with van der Waals surface area (Å²) in [6.45, 7) is -0.0984. The number of carbonyl (C=O) groups excluding carboxylic acids is 2. The number of hydrogen-bond acceptors (Lipinski definition) is 4. The van der Waals surface area contributed by atoms with Crippen LogP contribution in [0.5, 0.6) is 0 Å². The van der Waals surface area contributed by atoms with E-state index in [2.05, 4.69) is 15.4 Å². The Morgan fingerprint density at radius 1 is 1.15 bits per heavy atom. The van der Waals surface area contributed by atoms with Crippen LogP contribution in [0.15, 0.2) is 47.4 Å². The number of halogens is 1. The van der Waals surface area contributed by atoms with Gasteiger partial charge in [-0.3, -0.25) is 9.59 Å². The number of fused-ring (bicyclic) bond motifs is 1. The summed E-state index contributed by atoms with van der Waals surface area (Å²) in [7, 11) is -3.87. The zero-order valence-corrected chi connectivity index (χ0v) is 15.1. The molecule has 2 aromatic rings. The van der Waals surface area contributed by atoms with E-state index in [9.17, 15) is 22.4 Å². The smallest absolute Gasteiger partial charge is 0.241 e. The van der Waals surface area contributed by atoms with Gasteiger partial charge in [-0.1, -0.05) is 12.1 Å². The first-order chi connectivity index (χ1) is 12.8. The van der Waals surface area contributed by atoms with Gasteiger partial charge >= 0.3 is 0 Å². The summed E-state index contributed by atoms with van der Waals surface area (Å²) in [5, 5.41) is 5.23. The van der Waals surface area contributed by atoms with Gasteiger partial charge < -0.3 is 10.6 Å². The van der Waals surface area contributed by atoms with Crippen molar-refractivity contribution in [2.45, 2.75) is 17.7 Å². The SMILES string of the molecule is O=C(CNS(=O)(=O)c1ccc2c(c1)CC(=O)N2)NCCc1ccc(F)cc1. The van der Waals surface area contributed by atoms with Crippen molar-refractivity contribution in [3.63, 3.8) is 0 Å². The number of sulfonamides is 1. The summed E-state index contributed by atoms with van der Waals surface area (Å²) in [6, 6.07) is 10.2. The van der Waals surface area contributed by atoms with E-state index in [0.29, 0.717) is 24.2 Å². The molecule has 27 heavy (non-hydrogen) atoms. The second kappa shape index (κ2) is 7.85. The average molecular weight is 391 g/mol. The van der Waals surface area contributed by atoms with Gasteiger partial charge in [-0.2, -0.15) is 0 Å². The summed E-state index contributed by atoms with van der Waals surface area (Å²) in [6.07, 6.45) is 0.632. The molecule has 1 aliphatic heterocycles. The average Bonchev–Trinajstić information content (AvgIpc) is 3.01. The summed E-state index contributed by atoms with van der Waals surface area (Å²) >= 11 is 0. The molecular weight excluding hydrogens is 373 g/mol. The molecule has 0 aromatic heterocycles. The van der Waals surface area contributed by atoms with Crippen LogP contribution in [-0.4, -0.2) is 33.3 Å². The molecule has 0 saturated heterocycles. The van der Waals surface area contributed by atoms with Crippen molar-refractivity contribution >= 4 is 27.5 Å². The van der Waals surface area contributed by atoms with E-state index < -0.39 is 22.5 Å². The van der Waals surface area contributed by atoms with Gasteiger partial charge in [0.15, 0.2) is 0 Å². The lowest BCUT2D eigenvalue weighted by Gasteiger charge is -2.09. The Labute approximate surface area is 156 Å². The van der Waals surface area contributed by atoms with Crippen molar-refractivity contribution in [2.24, 2.45) is 0 Å². The minimum Gasteiger partial charge on any atom is -0.355 e. The van der Waals surface area contributed by atoms with E-state index >= 15 is 0 Å². The summed E-state index contributed by atoms with van der Waals surface area (Å²) < 4.78 is 39.7. The number of hydrogen-bond donors (Lipinski definition) is 3. The zero-order chi connectivity index (χ0) is 19.4. The van der Waals surface area contributed by atoms with Crippen LogP contribution < -0.4 is 15.4 Å². The van der Waals surface area contributed by atoms with Crippen LogP contribution in [0.4, 0.5) is 10.1 Å². The Kier molecular flexibility index (Phi) is 5.52. The number of rotatable bonds is 7. The number of benzene rings is 2. The molecule has 0 unspecified atom stereocenters. The highest BCUT2D eigenvalue weighted by Gasteiger charge is 2.22. The lowest BCUT2D eigenvalue weighted by Crippen LogP contribution is -2.37. The fourth-order valence-corrected chi connectivity index (χ4v) is 3.71. The molecule has 0 atom stereocenters. The minimum atomic E-state index is -3.87. The van der Waals surface area contributed by atoms with E-state index in [4.69, 9.17) is 0 Å². The first kappa shape index (κ1) is 19.0. The second-order valence-electron chi connectivity index (χ2n) is 6.09. The fraction of sp³-hybridized carbons (Fsp3) is 0.222. The van der Waals surface area contributed by atoms with Gasteiger partial charge in [0, 0.05) is 12.2 Å². The summed E-state index contributed by atoms with van der Waals surface area (Å²) in [5.41, 5.74) is 2.06. The van der Waals surface area contributed by atoms with Gasteiger partial charge in [0.25, 0.3) is 0 Å². The van der Waals surface area contributed by atoms with Gasteiger partial charge in [0.1, 0.15) is 5.82 Å².